The molecule has 1 N–H and O–H groups in total. The maximum atomic E-state index is 13.5. The molecule has 7 nitrogen and oxygen atoms in total. The summed E-state index contributed by atoms with van der Waals surface area (Å²) in [6.45, 7) is 2.79. The lowest BCUT2D eigenvalue weighted by atomic mass is 10.1. The number of rotatable bonds is 8. The van der Waals surface area contributed by atoms with Crippen molar-refractivity contribution in [2.45, 2.75) is 25.9 Å². The number of para-hydroxylation sites is 1. The largest absolute Gasteiger partial charge is 0.497 e. The number of ether oxygens (including phenoxy) is 2. The first kappa shape index (κ1) is 24.2. The predicted molar refractivity (Wildman–Crippen MR) is 140 cm³/mol. The zero-order chi connectivity index (χ0) is 24.8. The van der Waals surface area contributed by atoms with Gasteiger partial charge in [-0.25, -0.2) is 4.90 Å². The van der Waals surface area contributed by atoms with E-state index in [0.717, 1.165) is 17.0 Å². The minimum Gasteiger partial charge on any atom is -0.497 e. The van der Waals surface area contributed by atoms with Crippen LogP contribution < -0.4 is 19.7 Å². The first-order valence-corrected chi connectivity index (χ1v) is 11.8. The molecular formula is C27H27N3O4S. The van der Waals surface area contributed by atoms with Crippen molar-refractivity contribution in [2.75, 3.05) is 23.9 Å². The first-order chi connectivity index (χ1) is 17.0. The maximum Gasteiger partial charge on any atom is 0.257 e. The number of hydrogen-bond acceptors (Lipinski definition) is 5. The minimum absolute atomic E-state index is 0.0266. The maximum absolute atomic E-state index is 13.5. The van der Waals surface area contributed by atoms with Crippen molar-refractivity contribution in [2.24, 2.45) is 0 Å². The van der Waals surface area contributed by atoms with Gasteiger partial charge in [0, 0.05) is 12.2 Å². The highest BCUT2D eigenvalue weighted by Crippen LogP contribution is 2.29. The van der Waals surface area contributed by atoms with Crippen LogP contribution in [0.3, 0.4) is 0 Å². The van der Waals surface area contributed by atoms with Crippen LogP contribution >= 0.6 is 12.2 Å². The van der Waals surface area contributed by atoms with E-state index in [-0.39, 0.29) is 18.2 Å². The predicted octanol–water partition coefficient (Wildman–Crippen LogP) is 4.63. The number of methoxy groups -OCH3 is 1. The van der Waals surface area contributed by atoms with E-state index < -0.39 is 6.04 Å². The number of benzene rings is 3. The molecule has 3 aromatic rings. The fourth-order valence-corrected chi connectivity index (χ4v) is 4.27. The van der Waals surface area contributed by atoms with Crippen LogP contribution in [0, 0.1) is 0 Å². The summed E-state index contributed by atoms with van der Waals surface area (Å²) in [5, 5.41) is 3.57. The van der Waals surface area contributed by atoms with Crippen LogP contribution in [-0.2, 0) is 16.1 Å². The standard InChI is InChI=1S/C27H27N3O4S/c1-3-34-23-15-11-21(12-16-23)30-25(31)17-24(26(30)32)29(18-19-9-13-22(33-2)14-10-19)27(35)28-20-7-5-4-6-8-20/h4-16,24H,3,17-18H2,1-2H3,(H,28,35). The van der Waals surface area contributed by atoms with Crippen molar-refractivity contribution >= 4 is 40.5 Å². The summed E-state index contributed by atoms with van der Waals surface area (Å²) in [6.07, 6.45) is 0.0266. The highest BCUT2D eigenvalue weighted by atomic mass is 32.1. The number of thiocarbonyl (C=S) groups is 1. The van der Waals surface area contributed by atoms with Gasteiger partial charge in [-0.1, -0.05) is 30.3 Å². The van der Waals surface area contributed by atoms with Gasteiger partial charge in [0.25, 0.3) is 5.91 Å². The molecule has 3 aromatic carbocycles. The monoisotopic (exact) mass is 489 g/mol. The average molecular weight is 490 g/mol. The van der Waals surface area contributed by atoms with E-state index in [2.05, 4.69) is 5.32 Å². The molecule has 2 amide bonds. The zero-order valence-electron chi connectivity index (χ0n) is 19.6. The molecule has 8 heteroatoms. The van der Waals surface area contributed by atoms with Crippen molar-refractivity contribution in [3.05, 3.63) is 84.4 Å². The zero-order valence-corrected chi connectivity index (χ0v) is 20.5. The van der Waals surface area contributed by atoms with Gasteiger partial charge in [0.05, 0.1) is 25.8 Å². The number of nitrogens with one attached hydrogen (secondary N) is 1. The topological polar surface area (TPSA) is 71.1 Å². The van der Waals surface area contributed by atoms with Crippen molar-refractivity contribution in [3.63, 3.8) is 0 Å². The quantitative estimate of drug-likeness (QED) is 0.366. The van der Waals surface area contributed by atoms with E-state index in [4.69, 9.17) is 21.7 Å². The Hall–Kier alpha value is -3.91. The number of carbonyl (C=O) groups is 2. The number of imide groups is 1. The van der Waals surface area contributed by atoms with E-state index in [1.165, 1.54) is 4.90 Å². The second kappa shape index (κ2) is 11.0. The molecule has 1 atom stereocenters. The van der Waals surface area contributed by atoms with Gasteiger partial charge < -0.3 is 19.7 Å². The SMILES string of the molecule is CCOc1ccc(N2C(=O)CC(N(Cc3ccc(OC)cc3)C(=S)Nc3ccccc3)C2=O)cc1. The van der Waals surface area contributed by atoms with Gasteiger partial charge in [-0.15, -0.1) is 0 Å². The summed E-state index contributed by atoms with van der Waals surface area (Å²) in [5.74, 6) is 0.830. The highest BCUT2D eigenvalue weighted by Gasteiger charge is 2.43. The minimum atomic E-state index is -0.736. The van der Waals surface area contributed by atoms with Crippen molar-refractivity contribution < 1.29 is 19.1 Å². The lowest BCUT2D eigenvalue weighted by Crippen LogP contribution is -2.46. The molecular weight excluding hydrogens is 462 g/mol. The van der Waals surface area contributed by atoms with Crippen LogP contribution in [0.5, 0.6) is 11.5 Å². The second-order valence-electron chi connectivity index (χ2n) is 7.99. The number of anilines is 2. The third kappa shape index (κ3) is 5.60. The molecule has 1 fully saturated rings. The Morgan fingerprint density at radius 2 is 1.66 bits per heavy atom. The Labute approximate surface area is 210 Å². The van der Waals surface area contributed by atoms with E-state index in [1.54, 1.807) is 36.3 Å². The van der Waals surface area contributed by atoms with Gasteiger partial charge in [0.2, 0.25) is 5.91 Å². The van der Waals surface area contributed by atoms with E-state index in [1.807, 2.05) is 61.5 Å². The summed E-state index contributed by atoms with van der Waals surface area (Å²) in [7, 11) is 1.61. The molecule has 35 heavy (non-hydrogen) atoms. The van der Waals surface area contributed by atoms with Gasteiger partial charge >= 0.3 is 0 Å². The van der Waals surface area contributed by atoms with Crippen LogP contribution in [0.25, 0.3) is 0 Å². The molecule has 0 saturated carbocycles. The molecule has 1 unspecified atom stereocenters. The fraction of sp³-hybridized carbons (Fsp3) is 0.222. The van der Waals surface area contributed by atoms with E-state index >= 15 is 0 Å². The van der Waals surface area contributed by atoms with Crippen LogP contribution in [-0.4, -0.2) is 41.6 Å². The van der Waals surface area contributed by atoms with E-state index in [9.17, 15) is 9.59 Å². The number of carbonyl (C=O) groups excluding carboxylic acids is 2. The van der Waals surface area contributed by atoms with Crippen molar-refractivity contribution in [1.29, 1.82) is 0 Å². The molecule has 180 valence electrons. The molecule has 0 spiro atoms. The molecule has 1 aliphatic heterocycles. The average Bonchev–Trinajstić information content (AvgIpc) is 3.17. The Kier molecular flexibility index (Phi) is 7.62. The van der Waals surface area contributed by atoms with Gasteiger partial charge in [-0.2, -0.15) is 0 Å². The van der Waals surface area contributed by atoms with Crippen molar-refractivity contribution in [3.8, 4) is 11.5 Å². The Balaban J connectivity index is 1.60. The molecule has 1 heterocycles. The van der Waals surface area contributed by atoms with Gasteiger partial charge in [-0.05, 0) is 73.2 Å². The summed E-state index contributed by atoms with van der Waals surface area (Å²) in [4.78, 5) is 29.5. The molecule has 1 saturated heterocycles. The molecule has 0 radical (unpaired) electrons. The smallest absolute Gasteiger partial charge is 0.257 e. The molecule has 1 aliphatic rings. The van der Waals surface area contributed by atoms with Gasteiger partial charge in [0.1, 0.15) is 17.5 Å². The molecule has 0 bridgehead atoms. The highest BCUT2D eigenvalue weighted by molar-refractivity contribution is 7.80. The van der Waals surface area contributed by atoms with Crippen LogP contribution in [0.4, 0.5) is 11.4 Å². The summed E-state index contributed by atoms with van der Waals surface area (Å²) < 4.78 is 10.7. The Bertz CT molecular complexity index is 1180. The van der Waals surface area contributed by atoms with Gasteiger partial charge in [-0.3, -0.25) is 9.59 Å². The molecule has 4 rings (SSSR count). The lowest BCUT2D eigenvalue weighted by Gasteiger charge is -2.30. The summed E-state index contributed by atoms with van der Waals surface area (Å²) in [6, 6.07) is 23.3. The normalized spacial score (nSPS) is 15.1. The molecule has 0 aromatic heterocycles. The van der Waals surface area contributed by atoms with Crippen LogP contribution in [0.2, 0.25) is 0 Å². The molecule has 0 aliphatic carbocycles. The Morgan fingerprint density at radius 1 is 1.00 bits per heavy atom. The van der Waals surface area contributed by atoms with E-state index in [0.29, 0.717) is 29.7 Å². The third-order valence-corrected chi connectivity index (χ3v) is 6.04. The number of nitrogens with zero attached hydrogens (tertiary/aromatic N) is 2. The van der Waals surface area contributed by atoms with Gasteiger partial charge in [0.15, 0.2) is 5.11 Å². The summed E-state index contributed by atoms with van der Waals surface area (Å²) in [5.41, 5.74) is 2.25. The van der Waals surface area contributed by atoms with Crippen molar-refractivity contribution in [1.82, 2.24) is 4.90 Å². The second-order valence-corrected chi connectivity index (χ2v) is 8.37. The van der Waals surface area contributed by atoms with Crippen LogP contribution in [0.15, 0.2) is 78.9 Å². The number of hydrogen-bond donors (Lipinski definition) is 1. The fourth-order valence-electron chi connectivity index (χ4n) is 3.96. The number of amides is 2. The summed E-state index contributed by atoms with van der Waals surface area (Å²) >= 11 is 5.73. The lowest BCUT2D eigenvalue weighted by molar-refractivity contribution is -0.122. The Morgan fingerprint density at radius 3 is 2.29 bits per heavy atom. The van der Waals surface area contributed by atoms with Crippen LogP contribution in [0.1, 0.15) is 18.9 Å². The third-order valence-electron chi connectivity index (χ3n) is 5.70. The first-order valence-electron chi connectivity index (χ1n) is 11.4.